The maximum absolute atomic E-state index is 12.3. The molecular formula is C19H25N3O3. The monoisotopic (exact) mass is 343 g/mol. The van der Waals surface area contributed by atoms with Crippen LogP contribution >= 0.6 is 0 Å². The number of hydrogen-bond donors (Lipinski definition) is 4. The van der Waals surface area contributed by atoms with Crippen molar-refractivity contribution in [3.8, 4) is 11.8 Å². The number of nitrogens with two attached hydrogens (primary N) is 1. The molecule has 0 bridgehead atoms. The highest BCUT2D eigenvalue weighted by molar-refractivity contribution is 5.98. The van der Waals surface area contributed by atoms with Crippen LogP contribution in [0.5, 0.6) is 0 Å². The first kappa shape index (κ1) is 20.4. The molecule has 0 saturated heterocycles. The molecule has 0 saturated carbocycles. The first-order valence-corrected chi connectivity index (χ1v) is 7.96. The molecule has 0 aromatic heterocycles. The van der Waals surface area contributed by atoms with E-state index < -0.39 is 23.4 Å². The molecule has 6 heteroatoms. The second kappa shape index (κ2) is 9.02. The Balaban J connectivity index is 2.83. The topological polar surface area (TPSA) is 104 Å². The van der Waals surface area contributed by atoms with Crippen LogP contribution < -0.4 is 16.5 Å². The molecule has 1 rings (SSSR count). The van der Waals surface area contributed by atoms with Crippen molar-refractivity contribution in [2.45, 2.75) is 39.3 Å². The maximum Gasteiger partial charge on any atom is 0.267 e. The van der Waals surface area contributed by atoms with Gasteiger partial charge >= 0.3 is 0 Å². The average Bonchev–Trinajstić information content (AvgIpc) is 2.55. The number of benzene rings is 1. The Morgan fingerprint density at radius 3 is 2.32 bits per heavy atom. The van der Waals surface area contributed by atoms with Crippen molar-refractivity contribution in [1.29, 1.82) is 0 Å². The van der Waals surface area contributed by atoms with Crippen molar-refractivity contribution in [3.63, 3.8) is 0 Å². The number of nitrogens with one attached hydrogen (secondary N) is 2. The largest absolute Gasteiger partial charge is 0.338 e. The van der Waals surface area contributed by atoms with Gasteiger partial charge in [0.15, 0.2) is 0 Å². The summed E-state index contributed by atoms with van der Waals surface area (Å²) in [6, 6.07) is 5.76. The summed E-state index contributed by atoms with van der Waals surface area (Å²) >= 11 is 0. The van der Waals surface area contributed by atoms with Crippen molar-refractivity contribution in [2.75, 3.05) is 0 Å². The summed E-state index contributed by atoms with van der Waals surface area (Å²) < 4.78 is 0. The highest BCUT2D eigenvalue weighted by atomic mass is 16.5. The van der Waals surface area contributed by atoms with Gasteiger partial charge in [-0.15, -0.1) is 0 Å². The molecule has 1 aromatic carbocycles. The van der Waals surface area contributed by atoms with Gasteiger partial charge in [-0.1, -0.05) is 37.8 Å². The summed E-state index contributed by atoms with van der Waals surface area (Å²) in [5.41, 5.74) is 7.65. The molecule has 0 spiro atoms. The molecule has 0 aliphatic heterocycles. The number of carbonyl (C=O) groups is 2. The minimum Gasteiger partial charge on any atom is -0.338 e. The van der Waals surface area contributed by atoms with Crippen LogP contribution in [0.1, 0.15) is 43.6 Å². The second-order valence-corrected chi connectivity index (χ2v) is 6.60. The fraction of sp³-hybridized carbons (Fsp3) is 0.368. The zero-order chi connectivity index (χ0) is 19.0. The molecule has 0 unspecified atom stereocenters. The maximum atomic E-state index is 12.3. The Morgan fingerprint density at radius 1 is 1.24 bits per heavy atom. The third-order valence-electron chi connectivity index (χ3n) is 3.30. The molecule has 0 aliphatic rings. The third kappa shape index (κ3) is 6.79. The van der Waals surface area contributed by atoms with E-state index in [9.17, 15) is 9.59 Å². The summed E-state index contributed by atoms with van der Waals surface area (Å²) in [6.07, 6.45) is 3.61. The number of allylic oxidation sites excluding steroid dienone is 1. The van der Waals surface area contributed by atoms with E-state index in [4.69, 9.17) is 10.9 Å². The van der Waals surface area contributed by atoms with Gasteiger partial charge in [-0.3, -0.25) is 14.8 Å². The zero-order valence-electron chi connectivity index (χ0n) is 15.0. The van der Waals surface area contributed by atoms with E-state index in [0.29, 0.717) is 11.5 Å². The van der Waals surface area contributed by atoms with E-state index >= 15 is 0 Å². The van der Waals surface area contributed by atoms with Crippen molar-refractivity contribution in [3.05, 3.63) is 41.5 Å². The summed E-state index contributed by atoms with van der Waals surface area (Å²) in [5, 5.41) is 11.3. The standard InChI is InChI=1S/C19H25N3O3/c1-13(2)7-5-6-8-14-9-11-15(12-10-14)17(23)21-16(18(24)22-25)19(3,4)20/h6,8-13,16,25H,20H2,1-4H3,(H,21,23)(H,22,24)/b8-6+/t16-/m1/s1. The van der Waals surface area contributed by atoms with Crippen molar-refractivity contribution < 1.29 is 14.8 Å². The Hall–Kier alpha value is -2.62. The molecular weight excluding hydrogens is 318 g/mol. The molecule has 1 atom stereocenters. The van der Waals surface area contributed by atoms with Crippen LogP contribution in [-0.2, 0) is 4.79 Å². The van der Waals surface area contributed by atoms with Gasteiger partial charge in [0.05, 0.1) is 0 Å². The molecule has 2 amide bonds. The fourth-order valence-corrected chi connectivity index (χ4v) is 1.97. The Kier molecular flexibility index (Phi) is 7.37. The Bertz CT molecular complexity index is 689. The first-order chi connectivity index (χ1) is 11.6. The number of hydroxylamine groups is 1. The van der Waals surface area contributed by atoms with Crippen molar-refractivity contribution in [1.82, 2.24) is 10.8 Å². The van der Waals surface area contributed by atoms with Gasteiger partial charge in [-0.25, -0.2) is 5.48 Å². The quantitative estimate of drug-likeness (QED) is 0.371. The Morgan fingerprint density at radius 2 is 1.84 bits per heavy atom. The minimum atomic E-state index is -1.07. The first-order valence-electron chi connectivity index (χ1n) is 7.96. The minimum absolute atomic E-state index is 0.312. The summed E-state index contributed by atoms with van der Waals surface area (Å²) in [4.78, 5) is 24.0. The van der Waals surface area contributed by atoms with Gasteiger partial charge in [-0.2, -0.15) is 0 Å². The van der Waals surface area contributed by atoms with Gasteiger partial charge in [-0.05, 0) is 43.7 Å². The van der Waals surface area contributed by atoms with Gasteiger partial charge in [0, 0.05) is 17.0 Å². The Labute approximate surface area is 148 Å². The molecule has 5 N–H and O–H groups in total. The molecule has 134 valence electrons. The molecule has 0 heterocycles. The lowest BCUT2D eigenvalue weighted by molar-refractivity contribution is -0.132. The predicted octanol–water partition coefficient (Wildman–Crippen LogP) is 1.70. The average molecular weight is 343 g/mol. The number of carbonyl (C=O) groups excluding carboxylic acids is 2. The van der Waals surface area contributed by atoms with Crippen molar-refractivity contribution >= 4 is 17.9 Å². The van der Waals surface area contributed by atoms with E-state index in [1.165, 1.54) is 5.48 Å². The van der Waals surface area contributed by atoms with Crippen LogP contribution in [0.2, 0.25) is 0 Å². The van der Waals surface area contributed by atoms with E-state index in [-0.39, 0.29) is 0 Å². The van der Waals surface area contributed by atoms with Crippen LogP contribution in [0.15, 0.2) is 30.3 Å². The van der Waals surface area contributed by atoms with E-state index in [1.54, 1.807) is 44.2 Å². The normalized spacial score (nSPS) is 12.4. The fourth-order valence-electron chi connectivity index (χ4n) is 1.97. The number of amides is 2. The van der Waals surface area contributed by atoms with Gasteiger partial charge in [0.25, 0.3) is 11.8 Å². The van der Waals surface area contributed by atoms with E-state index in [1.807, 2.05) is 19.9 Å². The molecule has 0 aliphatic carbocycles. The third-order valence-corrected chi connectivity index (χ3v) is 3.30. The number of hydrogen-bond acceptors (Lipinski definition) is 4. The van der Waals surface area contributed by atoms with Gasteiger partial charge in [0.2, 0.25) is 0 Å². The van der Waals surface area contributed by atoms with Gasteiger partial charge in [0.1, 0.15) is 6.04 Å². The van der Waals surface area contributed by atoms with Crippen LogP contribution in [0.25, 0.3) is 6.08 Å². The number of rotatable bonds is 5. The lowest BCUT2D eigenvalue weighted by Gasteiger charge is -2.29. The van der Waals surface area contributed by atoms with E-state index in [0.717, 1.165) is 5.56 Å². The second-order valence-electron chi connectivity index (χ2n) is 6.60. The van der Waals surface area contributed by atoms with Crippen LogP contribution in [0, 0.1) is 17.8 Å². The highest BCUT2D eigenvalue weighted by Gasteiger charge is 2.33. The molecule has 25 heavy (non-hydrogen) atoms. The van der Waals surface area contributed by atoms with E-state index in [2.05, 4.69) is 17.2 Å². The summed E-state index contributed by atoms with van der Waals surface area (Å²) in [5.74, 6) is 5.05. The summed E-state index contributed by atoms with van der Waals surface area (Å²) in [7, 11) is 0. The molecule has 0 radical (unpaired) electrons. The summed E-state index contributed by atoms with van der Waals surface area (Å²) in [6.45, 7) is 7.20. The van der Waals surface area contributed by atoms with Crippen LogP contribution in [0.3, 0.4) is 0 Å². The molecule has 0 fully saturated rings. The predicted molar refractivity (Wildman–Crippen MR) is 97.5 cm³/mol. The lowest BCUT2D eigenvalue weighted by atomic mass is 9.95. The SMILES string of the molecule is CC(C)C#C/C=C/c1ccc(C(=O)N[C@H](C(=O)NO)C(C)(C)N)cc1. The zero-order valence-corrected chi connectivity index (χ0v) is 15.0. The van der Waals surface area contributed by atoms with Crippen LogP contribution in [-0.4, -0.2) is 28.6 Å². The molecule has 6 nitrogen and oxygen atoms in total. The lowest BCUT2D eigenvalue weighted by Crippen LogP contribution is -2.61. The van der Waals surface area contributed by atoms with Gasteiger partial charge < -0.3 is 11.1 Å². The smallest absolute Gasteiger partial charge is 0.267 e. The van der Waals surface area contributed by atoms with Crippen molar-refractivity contribution in [2.24, 2.45) is 11.7 Å². The van der Waals surface area contributed by atoms with Crippen LogP contribution in [0.4, 0.5) is 0 Å². The molecule has 1 aromatic rings. The highest BCUT2D eigenvalue weighted by Crippen LogP contribution is 2.10.